The van der Waals surface area contributed by atoms with E-state index in [1.54, 1.807) is 0 Å². The van der Waals surface area contributed by atoms with Crippen molar-refractivity contribution in [3.05, 3.63) is 28.8 Å². The third kappa shape index (κ3) is 5.15. The van der Waals surface area contributed by atoms with Gasteiger partial charge in [-0.15, -0.1) is 12.4 Å². The van der Waals surface area contributed by atoms with Crippen LogP contribution >= 0.6 is 12.4 Å². The van der Waals surface area contributed by atoms with Gasteiger partial charge in [-0.25, -0.2) is 0 Å². The first kappa shape index (κ1) is 21.2. The Morgan fingerprint density at radius 3 is 1.73 bits per heavy atom. The zero-order chi connectivity index (χ0) is 16.4. The molecule has 22 heavy (non-hydrogen) atoms. The van der Waals surface area contributed by atoms with Gasteiger partial charge in [0, 0.05) is 6.04 Å². The number of hydrogen-bond donors (Lipinski definition) is 3. The lowest BCUT2D eigenvalue weighted by Gasteiger charge is -2.29. The summed E-state index contributed by atoms with van der Waals surface area (Å²) < 4.78 is 0. The predicted molar refractivity (Wildman–Crippen MR) is 98.0 cm³/mol. The van der Waals surface area contributed by atoms with Crippen LogP contribution in [0, 0.1) is 0 Å². The highest BCUT2D eigenvalue weighted by molar-refractivity contribution is 5.85. The molecular formula is C18H33ClN2O. The Balaban J connectivity index is 0.00000441. The molecule has 1 aromatic rings. The van der Waals surface area contributed by atoms with Crippen molar-refractivity contribution in [3.63, 3.8) is 0 Å². The fourth-order valence-electron chi connectivity index (χ4n) is 2.52. The van der Waals surface area contributed by atoms with Gasteiger partial charge < -0.3 is 16.6 Å². The van der Waals surface area contributed by atoms with E-state index in [0.717, 1.165) is 29.5 Å². The maximum Gasteiger partial charge on any atom is 0.123 e. The van der Waals surface area contributed by atoms with E-state index < -0.39 is 0 Å². The second-order valence-corrected chi connectivity index (χ2v) is 8.00. The van der Waals surface area contributed by atoms with E-state index in [-0.39, 0.29) is 29.3 Å². The summed E-state index contributed by atoms with van der Waals surface area (Å²) in [4.78, 5) is 0. The van der Waals surface area contributed by atoms with Gasteiger partial charge in [-0.05, 0) is 46.9 Å². The highest BCUT2D eigenvalue weighted by Crippen LogP contribution is 2.40. The molecule has 3 nitrogen and oxygen atoms in total. The molecule has 1 rings (SSSR count). The lowest BCUT2D eigenvalue weighted by Crippen LogP contribution is -2.20. The Hall–Kier alpha value is -0.770. The van der Waals surface area contributed by atoms with Crippen molar-refractivity contribution in [2.45, 2.75) is 71.3 Å². The van der Waals surface area contributed by atoms with Crippen molar-refractivity contribution in [1.29, 1.82) is 0 Å². The largest absolute Gasteiger partial charge is 0.507 e. The molecule has 1 aromatic carbocycles. The number of benzene rings is 1. The van der Waals surface area contributed by atoms with E-state index in [2.05, 4.69) is 53.7 Å². The number of hydrogen-bond acceptors (Lipinski definition) is 3. The second kappa shape index (κ2) is 7.67. The van der Waals surface area contributed by atoms with Gasteiger partial charge in [-0.1, -0.05) is 53.7 Å². The van der Waals surface area contributed by atoms with E-state index in [1.807, 2.05) is 0 Å². The maximum atomic E-state index is 10.7. The maximum absolute atomic E-state index is 10.7. The average molecular weight is 329 g/mol. The molecule has 0 spiro atoms. The number of phenols is 1. The Morgan fingerprint density at radius 2 is 1.41 bits per heavy atom. The predicted octanol–water partition coefficient (Wildman–Crippen LogP) is 4.15. The molecule has 5 N–H and O–H groups in total. The van der Waals surface area contributed by atoms with E-state index in [9.17, 15) is 5.11 Å². The minimum atomic E-state index is -0.117. The molecule has 0 fully saturated rings. The van der Waals surface area contributed by atoms with Gasteiger partial charge in [-0.3, -0.25) is 0 Å². The first-order valence-corrected chi connectivity index (χ1v) is 7.82. The highest BCUT2D eigenvalue weighted by atomic mass is 35.5. The van der Waals surface area contributed by atoms with Gasteiger partial charge >= 0.3 is 0 Å². The van der Waals surface area contributed by atoms with E-state index in [0.29, 0.717) is 12.3 Å². The Labute approximate surface area is 141 Å². The van der Waals surface area contributed by atoms with Crippen molar-refractivity contribution in [1.82, 2.24) is 0 Å². The van der Waals surface area contributed by atoms with Crippen LogP contribution in [-0.2, 0) is 10.8 Å². The average Bonchev–Trinajstić information content (AvgIpc) is 2.33. The van der Waals surface area contributed by atoms with Gasteiger partial charge in [0.25, 0.3) is 0 Å². The fourth-order valence-corrected chi connectivity index (χ4v) is 2.52. The normalized spacial score (nSPS) is 13.6. The standard InChI is InChI=1S/C18H32N2O.ClH/c1-17(2,3)13-10-12(15(20)8-7-9-19)11-14(16(13)21)18(4,5)6;/h10-11,15,21H,7-9,19-20H2,1-6H3;1H/t15-;/m1./s1. The van der Waals surface area contributed by atoms with Gasteiger partial charge in [-0.2, -0.15) is 0 Å². The second-order valence-electron chi connectivity index (χ2n) is 8.00. The molecule has 0 aromatic heterocycles. The SMILES string of the molecule is CC(C)(C)c1cc([C@H](N)CCCN)cc(C(C)(C)C)c1O.Cl. The van der Waals surface area contributed by atoms with Crippen LogP contribution in [-0.4, -0.2) is 11.7 Å². The van der Waals surface area contributed by atoms with Gasteiger partial charge in [0.15, 0.2) is 0 Å². The number of halogens is 1. The smallest absolute Gasteiger partial charge is 0.123 e. The monoisotopic (exact) mass is 328 g/mol. The Kier molecular flexibility index (Phi) is 7.40. The van der Waals surface area contributed by atoms with Crippen LogP contribution in [0.4, 0.5) is 0 Å². The molecule has 0 saturated carbocycles. The van der Waals surface area contributed by atoms with Crippen LogP contribution in [0.3, 0.4) is 0 Å². The Morgan fingerprint density at radius 1 is 1.00 bits per heavy atom. The van der Waals surface area contributed by atoms with E-state index in [4.69, 9.17) is 11.5 Å². The summed E-state index contributed by atoms with van der Waals surface area (Å²) in [5, 5.41) is 10.7. The molecular weight excluding hydrogens is 296 g/mol. The molecule has 0 aliphatic carbocycles. The van der Waals surface area contributed by atoms with Crippen molar-refractivity contribution in [3.8, 4) is 5.75 Å². The van der Waals surface area contributed by atoms with Crippen LogP contribution < -0.4 is 11.5 Å². The highest BCUT2D eigenvalue weighted by Gasteiger charge is 2.27. The van der Waals surface area contributed by atoms with Gasteiger partial charge in [0.05, 0.1) is 0 Å². The van der Waals surface area contributed by atoms with Crippen molar-refractivity contribution >= 4 is 12.4 Å². The molecule has 0 aliphatic heterocycles. The molecule has 0 bridgehead atoms. The topological polar surface area (TPSA) is 72.3 Å². The quantitative estimate of drug-likeness (QED) is 0.777. The molecule has 0 amide bonds. The summed E-state index contributed by atoms with van der Waals surface area (Å²) in [5.74, 6) is 0.407. The summed E-state index contributed by atoms with van der Waals surface area (Å²) in [6.45, 7) is 13.3. The summed E-state index contributed by atoms with van der Waals surface area (Å²) in [6, 6.07) is 4.09. The third-order valence-electron chi connectivity index (χ3n) is 3.90. The molecule has 0 unspecified atom stereocenters. The molecule has 0 aliphatic rings. The number of nitrogens with two attached hydrogens (primary N) is 2. The number of aromatic hydroxyl groups is 1. The minimum Gasteiger partial charge on any atom is -0.507 e. The Bertz CT molecular complexity index is 452. The van der Waals surface area contributed by atoms with Crippen molar-refractivity contribution in [2.24, 2.45) is 11.5 Å². The first-order chi connectivity index (χ1) is 9.48. The van der Waals surface area contributed by atoms with Crippen LogP contribution in [0.5, 0.6) is 5.75 Å². The van der Waals surface area contributed by atoms with Crippen LogP contribution in [0.2, 0.25) is 0 Å². The number of phenolic OH excluding ortho intramolecular Hbond substituents is 1. The van der Waals surface area contributed by atoms with Crippen LogP contribution in [0.1, 0.15) is 77.1 Å². The summed E-state index contributed by atoms with van der Waals surface area (Å²) in [5.41, 5.74) is 14.7. The van der Waals surface area contributed by atoms with Gasteiger partial charge in [0.1, 0.15) is 5.75 Å². The molecule has 0 radical (unpaired) electrons. The zero-order valence-electron chi connectivity index (χ0n) is 14.9. The van der Waals surface area contributed by atoms with Crippen molar-refractivity contribution < 1.29 is 5.11 Å². The van der Waals surface area contributed by atoms with Crippen LogP contribution in [0.25, 0.3) is 0 Å². The summed E-state index contributed by atoms with van der Waals surface area (Å²) in [7, 11) is 0. The molecule has 128 valence electrons. The molecule has 1 atom stereocenters. The molecule has 0 saturated heterocycles. The van der Waals surface area contributed by atoms with Crippen molar-refractivity contribution in [2.75, 3.05) is 6.54 Å². The molecule has 4 heteroatoms. The van der Waals surface area contributed by atoms with E-state index in [1.165, 1.54) is 0 Å². The lowest BCUT2D eigenvalue weighted by molar-refractivity contribution is 0.422. The summed E-state index contributed by atoms with van der Waals surface area (Å²) in [6.07, 6.45) is 1.78. The zero-order valence-corrected chi connectivity index (χ0v) is 15.7. The third-order valence-corrected chi connectivity index (χ3v) is 3.90. The van der Waals surface area contributed by atoms with Crippen LogP contribution in [0.15, 0.2) is 12.1 Å². The molecule has 0 heterocycles. The summed E-state index contributed by atoms with van der Waals surface area (Å²) >= 11 is 0. The lowest BCUT2D eigenvalue weighted by atomic mass is 9.77. The minimum absolute atomic E-state index is 0. The number of rotatable bonds is 4. The van der Waals surface area contributed by atoms with Gasteiger partial charge in [0.2, 0.25) is 0 Å². The van der Waals surface area contributed by atoms with E-state index >= 15 is 0 Å². The first-order valence-electron chi connectivity index (χ1n) is 7.82. The fraction of sp³-hybridized carbons (Fsp3) is 0.667.